The van der Waals surface area contributed by atoms with Gasteiger partial charge in [-0.1, -0.05) is 15.9 Å². The molecule has 0 aliphatic rings. The smallest absolute Gasteiger partial charge is 0.153 e. The highest BCUT2D eigenvalue weighted by molar-refractivity contribution is 9.10. The second-order valence-electron chi connectivity index (χ2n) is 3.48. The largest absolute Gasteiger partial charge is 0.457 e. The van der Waals surface area contributed by atoms with Gasteiger partial charge in [0, 0.05) is 4.47 Å². The number of carbonyl (C=O) groups excluding carboxylic acids is 1. The molecule has 2 aromatic rings. The average Bonchev–Trinajstić information content (AvgIpc) is 2.34. The van der Waals surface area contributed by atoms with Crippen LogP contribution in [0, 0.1) is 5.82 Å². The standard InChI is InChI=1S/C13H7Br2FO2/c14-9-2-1-8(7-17)13(5-9)18-10-3-4-12(16)11(15)6-10/h1-7H. The van der Waals surface area contributed by atoms with E-state index in [1.165, 1.54) is 18.2 Å². The van der Waals surface area contributed by atoms with Crippen LogP contribution >= 0.6 is 31.9 Å². The molecule has 0 heterocycles. The van der Waals surface area contributed by atoms with Crippen molar-refractivity contribution in [2.24, 2.45) is 0 Å². The Bertz CT molecular complexity index is 600. The zero-order valence-electron chi connectivity index (χ0n) is 8.99. The molecule has 0 fully saturated rings. The van der Waals surface area contributed by atoms with Crippen molar-refractivity contribution in [3.8, 4) is 11.5 Å². The molecule has 2 rings (SSSR count). The Morgan fingerprint density at radius 1 is 1.11 bits per heavy atom. The van der Waals surface area contributed by atoms with Crippen LogP contribution in [0.15, 0.2) is 45.3 Å². The fourth-order valence-electron chi connectivity index (χ4n) is 1.36. The summed E-state index contributed by atoms with van der Waals surface area (Å²) in [5.41, 5.74) is 0.429. The topological polar surface area (TPSA) is 26.3 Å². The molecule has 0 saturated carbocycles. The molecule has 0 aromatic heterocycles. The Morgan fingerprint density at radius 2 is 1.89 bits per heavy atom. The summed E-state index contributed by atoms with van der Waals surface area (Å²) < 4.78 is 19.7. The van der Waals surface area contributed by atoms with Gasteiger partial charge < -0.3 is 4.74 Å². The van der Waals surface area contributed by atoms with Crippen LogP contribution in [-0.4, -0.2) is 6.29 Å². The number of carbonyl (C=O) groups is 1. The molecule has 0 bridgehead atoms. The second-order valence-corrected chi connectivity index (χ2v) is 5.25. The molecule has 5 heteroatoms. The minimum atomic E-state index is -0.368. The van der Waals surface area contributed by atoms with Gasteiger partial charge in [-0.05, 0) is 52.3 Å². The number of halogens is 3. The number of benzene rings is 2. The van der Waals surface area contributed by atoms with Crippen molar-refractivity contribution in [2.75, 3.05) is 0 Å². The van der Waals surface area contributed by atoms with E-state index in [4.69, 9.17) is 4.74 Å². The molecule has 0 saturated heterocycles. The maximum Gasteiger partial charge on any atom is 0.153 e. The van der Waals surface area contributed by atoms with Gasteiger partial charge in [0.1, 0.15) is 17.3 Å². The van der Waals surface area contributed by atoms with E-state index in [1.807, 2.05) is 0 Å². The first-order valence-electron chi connectivity index (χ1n) is 4.98. The van der Waals surface area contributed by atoms with Gasteiger partial charge in [0.05, 0.1) is 10.0 Å². The van der Waals surface area contributed by atoms with E-state index in [0.29, 0.717) is 27.8 Å². The SMILES string of the molecule is O=Cc1ccc(Br)cc1Oc1ccc(F)c(Br)c1. The van der Waals surface area contributed by atoms with E-state index in [1.54, 1.807) is 18.2 Å². The monoisotopic (exact) mass is 372 g/mol. The van der Waals surface area contributed by atoms with Crippen LogP contribution in [0.2, 0.25) is 0 Å². The molecule has 2 nitrogen and oxygen atoms in total. The van der Waals surface area contributed by atoms with Gasteiger partial charge in [0.15, 0.2) is 6.29 Å². The van der Waals surface area contributed by atoms with Crippen molar-refractivity contribution in [1.29, 1.82) is 0 Å². The van der Waals surface area contributed by atoms with Crippen molar-refractivity contribution in [1.82, 2.24) is 0 Å². The number of aldehydes is 1. The molecule has 0 aliphatic heterocycles. The molecule has 18 heavy (non-hydrogen) atoms. The molecule has 0 atom stereocenters. The Balaban J connectivity index is 2.35. The minimum absolute atomic E-state index is 0.308. The summed E-state index contributed by atoms with van der Waals surface area (Å²) in [4.78, 5) is 10.9. The predicted molar refractivity (Wildman–Crippen MR) is 73.7 cm³/mol. The zero-order valence-corrected chi connectivity index (χ0v) is 12.2. The molecule has 2 aromatic carbocycles. The van der Waals surface area contributed by atoms with E-state index in [0.717, 1.165) is 4.47 Å². The van der Waals surface area contributed by atoms with Crippen LogP contribution in [0.3, 0.4) is 0 Å². The molecule has 0 amide bonds. The lowest BCUT2D eigenvalue weighted by atomic mass is 10.2. The van der Waals surface area contributed by atoms with Crippen LogP contribution < -0.4 is 4.74 Å². The third-order valence-electron chi connectivity index (χ3n) is 2.22. The van der Waals surface area contributed by atoms with Crippen LogP contribution in [0.5, 0.6) is 11.5 Å². The highest BCUT2D eigenvalue weighted by atomic mass is 79.9. The fraction of sp³-hybridized carbons (Fsp3) is 0. The lowest BCUT2D eigenvalue weighted by Gasteiger charge is -2.09. The summed E-state index contributed by atoms with van der Waals surface area (Å²) >= 11 is 6.38. The van der Waals surface area contributed by atoms with E-state index in [2.05, 4.69) is 31.9 Å². The maximum absolute atomic E-state index is 13.1. The summed E-state index contributed by atoms with van der Waals surface area (Å²) in [7, 11) is 0. The van der Waals surface area contributed by atoms with Crippen molar-refractivity contribution < 1.29 is 13.9 Å². The van der Waals surface area contributed by atoms with E-state index in [-0.39, 0.29) is 5.82 Å². The minimum Gasteiger partial charge on any atom is -0.457 e. The number of hydrogen-bond donors (Lipinski definition) is 0. The van der Waals surface area contributed by atoms with Gasteiger partial charge in [-0.15, -0.1) is 0 Å². The van der Waals surface area contributed by atoms with Crippen LogP contribution in [0.25, 0.3) is 0 Å². The number of rotatable bonds is 3. The predicted octanol–water partition coefficient (Wildman–Crippen LogP) is 4.96. The molecule has 0 radical (unpaired) electrons. The van der Waals surface area contributed by atoms with E-state index < -0.39 is 0 Å². The van der Waals surface area contributed by atoms with Gasteiger partial charge in [0.25, 0.3) is 0 Å². The number of hydrogen-bond acceptors (Lipinski definition) is 2. The van der Waals surface area contributed by atoms with Gasteiger partial charge >= 0.3 is 0 Å². The fourth-order valence-corrected chi connectivity index (χ4v) is 2.06. The normalized spacial score (nSPS) is 10.2. The van der Waals surface area contributed by atoms with Gasteiger partial charge in [-0.2, -0.15) is 0 Å². The molecular weight excluding hydrogens is 367 g/mol. The second kappa shape index (κ2) is 5.63. The van der Waals surface area contributed by atoms with Crippen molar-refractivity contribution in [3.63, 3.8) is 0 Å². The quantitative estimate of drug-likeness (QED) is 0.711. The summed E-state index contributed by atoms with van der Waals surface area (Å²) in [5.74, 6) is 0.495. The van der Waals surface area contributed by atoms with Crippen LogP contribution in [0.1, 0.15) is 10.4 Å². The Labute approximate surface area is 120 Å². The Morgan fingerprint density at radius 3 is 2.56 bits per heavy atom. The summed E-state index contributed by atoms with van der Waals surface area (Å²) in [6.45, 7) is 0. The lowest BCUT2D eigenvalue weighted by Crippen LogP contribution is -1.91. The van der Waals surface area contributed by atoms with E-state index >= 15 is 0 Å². The van der Waals surface area contributed by atoms with E-state index in [9.17, 15) is 9.18 Å². The molecular formula is C13H7Br2FO2. The summed E-state index contributed by atoms with van der Waals surface area (Å²) in [6, 6.07) is 9.36. The molecule has 0 aliphatic carbocycles. The van der Waals surface area contributed by atoms with Crippen LogP contribution in [-0.2, 0) is 0 Å². The molecule has 0 unspecified atom stereocenters. The first-order valence-corrected chi connectivity index (χ1v) is 6.56. The third-order valence-corrected chi connectivity index (χ3v) is 3.32. The van der Waals surface area contributed by atoms with Gasteiger partial charge in [0.2, 0.25) is 0 Å². The summed E-state index contributed by atoms with van der Waals surface area (Å²) in [5, 5.41) is 0. The van der Waals surface area contributed by atoms with Crippen molar-refractivity contribution in [2.45, 2.75) is 0 Å². The molecule has 92 valence electrons. The molecule has 0 spiro atoms. The first kappa shape index (κ1) is 13.2. The van der Waals surface area contributed by atoms with Gasteiger partial charge in [-0.25, -0.2) is 4.39 Å². The van der Waals surface area contributed by atoms with Crippen molar-refractivity contribution >= 4 is 38.1 Å². The molecule has 0 N–H and O–H groups in total. The third kappa shape index (κ3) is 2.97. The first-order chi connectivity index (χ1) is 8.60. The van der Waals surface area contributed by atoms with Gasteiger partial charge in [-0.3, -0.25) is 4.79 Å². The number of ether oxygens (including phenoxy) is 1. The average molecular weight is 374 g/mol. The van der Waals surface area contributed by atoms with Crippen molar-refractivity contribution in [3.05, 3.63) is 56.7 Å². The maximum atomic E-state index is 13.1. The lowest BCUT2D eigenvalue weighted by molar-refractivity contribution is 0.112. The zero-order chi connectivity index (χ0) is 13.1. The highest BCUT2D eigenvalue weighted by Crippen LogP contribution is 2.30. The highest BCUT2D eigenvalue weighted by Gasteiger charge is 2.07. The Hall–Kier alpha value is -1.20. The van der Waals surface area contributed by atoms with Crippen LogP contribution in [0.4, 0.5) is 4.39 Å². The summed E-state index contributed by atoms with van der Waals surface area (Å²) in [6.07, 6.45) is 0.709. The Kier molecular flexibility index (Phi) is 4.14.